The normalized spacial score (nSPS) is 12.3. The van der Waals surface area contributed by atoms with E-state index in [1.54, 1.807) is 13.3 Å². The molecule has 0 aromatic carbocycles. The maximum absolute atomic E-state index is 5.46. The monoisotopic (exact) mass is 275 g/mol. The lowest BCUT2D eigenvalue weighted by Gasteiger charge is -2.20. The van der Waals surface area contributed by atoms with E-state index in [2.05, 4.69) is 34.2 Å². The van der Waals surface area contributed by atoms with Gasteiger partial charge in [0.1, 0.15) is 12.0 Å². The molecule has 1 N–H and O–H groups in total. The van der Waals surface area contributed by atoms with Gasteiger partial charge in [0.05, 0.1) is 19.3 Å². The quantitative estimate of drug-likeness (QED) is 0.834. The minimum atomic E-state index is -0.0230. The highest BCUT2D eigenvalue weighted by Gasteiger charge is 2.23. The molecule has 2 aromatic rings. The van der Waals surface area contributed by atoms with Crippen LogP contribution in [0.1, 0.15) is 37.6 Å². The minimum Gasteiger partial charge on any atom is -0.493 e. The molecule has 20 heavy (non-hydrogen) atoms. The summed E-state index contributed by atoms with van der Waals surface area (Å²) in [5, 5.41) is 7.87. The molecule has 0 aliphatic heterocycles. The summed E-state index contributed by atoms with van der Waals surface area (Å²) >= 11 is 0. The van der Waals surface area contributed by atoms with Crippen molar-refractivity contribution >= 4 is 0 Å². The Kier molecular flexibility index (Phi) is 5.06. The van der Waals surface area contributed by atoms with Gasteiger partial charge >= 0.3 is 0 Å². The van der Waals surface area contributed by atoms with Crippen LogP contribution in [0, 0.1) is 0 Å². The fourth-order valence-corrected chi connectivity index (χ4v) is 2.25. The number of hydrogen-bond donors (Lipinski definition) is 1. The third-order valence-electron chi connectivity index (χ3n) is 3.10. The average molecular weight is 275 g/mol. The first-order chi connectivity index (χ1) is 9.81. The second-order valence-electron chi connectivity index (χ2n) is 4.48. The summed E-state index contributed by atoms with van der Waals surface area (Å²) < 4.78 is 7.44. The number of aryl methyl sites for hydroxylation is 1. The van der Waals surface area contributed by atoms with Gasteiger partial charge in [-0.05, 0) is 13.0 Å². The van der Waals surface area contributed by atoms with Gasteiger partial charge in [0.25, 0.3) is 0 Å². The first-order valence-electron chi connectivity index (χ1n) is 6.89. The maximum atomic E-state index is 5.46. The highest BCUT2D eigenvalue weighted by Crippen LogP contribution is 2.29. The van der Waals surface area contributed by atoms with Crippen LogP contribution in [0.5, 0.6) is 5.75 Å². The molecule has 1 atom stereocenters. The molecule has 0 spiro atoms. The van der Waals surface area contributed by atoms with E-state index in [0.29, 0.717) is 0 Å². The zero-order valence-electron chi connectivity index (χ0n) is 12.2. The molecule has 1 unspecified atom stereocenters. The van der Waals surface area contributed by atoms with Gasteiger partial charge in [-0.1, -0.05) is 13.8 Å². The molecular formula is C14H21N5O. The maximum Gasteiger partial charge on any atom is 0.161 e. The molecule has 0 aliphatic carbocycles. The summed E-state index contributed by atoms with van der Waals surface area (Å²) in [6.45, 7) is 5.89. The predicted octanol–water partition coefficient (Wildman–Crippen LogP) is 1.79. The number of nitrogens with one attached hydrogen (secondary N) is 1. The van der Waals surface area contributed by atoms with Crippen LogP contribution in [-0.4, -0.2) is 33.4 Å². The molecule has 2 rings (SSSR count). The first-order valence-corrected chi connectivity index (χ1v) is 6.89. The summed E-state index contributed by atoms with van der Waals surface area (Å²) in [5.41, 5.74) is 2.02. The summed E-state index contributed by atoms with van der Waals surface area (Å²) in [6.07, 6.45) is 7.96. The highest BCUT2D eigenvalue weighted by atomic mass is 16.5. The Morgan fingerprint density at radius 3 is 2.60 bits per heavy atom. The molecule has 2 heterocycles. The molecule has 0 bridgehead atoms. The summed E-state index contributed by atoms with van der Waals surface area (Å²) in [6, 6.07) is -0.0230. The van der Waals surface area contributed by atoms with E-state index < -0.39 is 0 Å². The lowest BCUT2D eigenvalue weighted by molar-refractivity contribution is 0.398. The second-order valence-corrected chi connectivity index (χ2v) is 4.48. The standard InChI is InChI=1S/C14H21N5O/c1-4-6-19-14(12(20-3)9-18-19)13(17-5-2)11-7-15-10-16-8-11/h7-10,13,17H,4-6H2,1-3H3. The van der Waals surface area contributed by atoms with Crippen LogP contribution >= 0.6 is 0 Å². The third-order valence-corrected chi connectivity index (χ3v) is 3.10. The van der Waals surface area contributed by atoms with Crippen molar-refractivity contribution in [3.8, 4) is 5.75 Å². The zero-order valence-corrected chi connectivity index (χ0v) is 12.2. The van der Waals surface area contributed by atoms with Crippen LogP contribution in [0.4, 0.5) is 0 Å². The first kappa shape index (κ1) is 14.5. The van der Waals surface area contributed by atoms with E-state index in [-0.39, 0.29) is 6.04 Å². The third kappa shape index (κ3) is 2.96. The molecule has 6 heteroatoms. The Morgan fingerprint density at radius 1 is 1.25 bits per heavy atom. The Labute approximate surface area is 119 Å². The van der Waals surface area contributed by atoms with E-state index in [0.717, 1.165) is 36.5 Å². The molecule has 0 radical (unpaired) electrons. The molecule has 0 aliphatic rings. The molecule has 2 aromatic heterocycles. The van der Waals surface area contributed by atoms with Crippen molar-refractivity contribution < 1.29 is 4.74 Å². The number of hydrogen-bond acceptors (Lipinski definition) is 5. The second kappa shape index (κ2) is 7.00. The van der Waals surface area contributed by atoms with Crippen LogP contribution in [-0.2, 0) is 6.54 Å². The van der Waals surface area contributed by atoms with Gasteiger partial charge in [-0.15, -0.1) is 0 Å². The molecule has 0 fully saturated rings. The van der Waals surface area contributed by atoms with Crippen LogP contribution in [0.3, 0.4) is 0 Å². The Hall–Kier alpha value is -1.95. The number of ether oxygens (including phenoxy) is 1. The molecule has 0 saturated heterocycles. The molecule has 0 amide bonds. The summed E-state index contributed by atoms with van der Waals surface area (Å²) in [5.74, 6) is 0.785. The van der Waals surface area contributed by atoms with Crippen LogP contribution in [0.2, 0.25) is 0 Å². The fourth-order valence-electron chi connectivity index (χ4n) is 2.25. The molecule has 6 nitrogen and oxygen atoms in total. The average Bonchev–Trinajstić information content (AvgIpc) is 2.89. The van der Waals surface area contributed by atoms with E-state index >= 15 is 0 Å². The number of rotatable bonds is 7. The van der Waals surface area contributed by atoms with Gasteiger partial charge in [-0.2, -0.15) is 5.10 Å². The van der Waals surface area contributed by atoms with Gasteiger partial charge in [0.2, 0.25) is 0 Å². The minimum absolute atomic E-state index is 0.0230. The van der Waals surface area contributed by atoms with Crippen molar-refractivity contribution in [1.29, 1.82) is 0 Å². The van der Waals surface area contributed by atoms with E-state index in [4.69, 9.17) is 4.74 Å². The SMILES string of the molecule is CCCn1ncc(OC)c1C(NCC)c1cncnc1. The Bertz CT molecular complexity index is 526. The van der Waals surface area contributed by atoms with Crippen LogP contribution in [0.15, 0.2) is 24.9 Å². The largest absolute Gasteiger partial charge is 0.493 e. The number of methoxy groups -OCH3 is 1. The molecular weight excluding hydrogens is 254 g/mol. The fraction of sp³-hybridized carbons (Fsp3) is 0.500. The van der Waals surface area contributed by atoms with Crippen molar-refractivity contribution in [3.63, 3.8) is 0 Å². The van der Waals surface area contributed by atoms with E-state index in [9.17, 15) is 0 Å². The Balaban J connectivity index is 2.45. The highest BCUT2D eigenvalue weighted by molar-refractivity contribution is 5.34. The number of aromatic nitrogens is 4. The Morgan fingerprint density at radius 2 is 2.00 bits per heavy atom. The van der Waals surface area contributed by atoms with Crippen molar-refractivity contribution in [2.75, 3.05) is 13.7 Å². The van der Waals surface area contributed by atoms with Gasteiger partial charge in [-0.3, -0.25) is 4.68 Å². The van der Waals surface area contributed by atoms with Crippen molar-refractivity contribution in [2.45, 2.75) is 32.9 Å². The van der Waals surface area contributed by atoms with Gasteiger partial charge in [-0.25, -0.2) is 9.97 Å². The zero-order chi connectivity index (χ0) is 14.4. The van der Waals surface area contributed by atoms with Crippen LogP contribution in [0.25, 0.3) is 0 Å². The lowest BCUT2D eigenvalue weighted by atomic mass is 10.1. The van der Waals surface area contributed by atoms with E-state index in [1.807, 2.05) is 17.1 Å². The smallest absolute Gasteiger partial charge is 0.161 e. The molecule has 0 saturated carbocycles. The van der Waals surface area contributed by atoms with Crippen molar-refractivity contribution in [2.24, 2.45) is 0 Å². The number of nitrogens with zero attached hydrogens (tertiary/aromatic N) is 4. The summed E-state index contributed by atoms with van der Waals surface area (Å²) in [4.78, 5) is 8.21. The van der Waals surface area contributed by atoms with Gasteiger partial charge in [0.15, 0.2) is 5.75 Å². The van der Waals surface area contributed by atoms with Gasteiger partial charge < -0.3 is 10.1 Å². The van der Waals surface area contributed by atoms with Gasteiger partial charge in [0, 0.05) is 24.5 Å². The van der Waals surface area contributed by atoms with Crippen molar-refractivity contribution in [3.05, 3.63) is 36.2 Å². The van der Waals surface area contributed by atoms with E-state index in [1.165, 1.54) is 6.33 Å². The topological polar surface area (TPSA) is 64.9 Å². The van der Waals surface area contributed by atoms with Crippen molar-refractivity contribution in [1.82, 2.24) is 25.1 Å². The summed E-state index contributed by atoms with van der Waals surface area (Å²) in [7, 11) is 1.67. The predicted molar refractivity (Wildman–Crippen MR) is 76.6 cm³/mol. The van der Waals surface area contributed by atoms with Crippen LogP contribution < -0.4 is 10.1 Å². The lowest BCUT2D eigenvalue weighted by Crippen LogP contribution is -2.25. The molecule has 108 valence electrons.